The number of hydrogen-bond acceptors (Lipinski definition) is 4. The number of nitro groups is 1. The predicted octanol–water partition coefficient (Wildman–Crippen LogP) is 3.12. The smallest absolute Gasteiger partial charge is 0.269 e. The average molecular weight is 263 g/mol. The Hall–Kier alpha value is -1.91. The van der Waals surface area contributed by atoms with Crippen molar-refractivity contribution in [3.05, 3.63) is 34.4 Å². The molecule has 1 saturated carbocycles. The number of ether oxygens (including phenoxy) is 1. The highest BCUT2D eigenvalue weighted by Gasteiger charge is 2.53. The van der Waals surface area contributed by atoms with E-state index in [0.717, 1.165) is 12.8 Å². The Morgan fingerprint density at radius 2 is 1.89 bits per heavy atom. The number of nitrogens with zero attached hydrogens (tertiary/aromatic N) is 1. The summed E-state index contributed by atoms with van der Waals surface area (Å²) in [6.07, 6.45) is 1.84. The summed E-state index contributed by atoms with van der Waals surface area (Å²) in [6, 6.07) is 5.98. The number of Topliss-reactive ketones (excluding diaryl/α,β-unsaturated/α-hetero) is 1. The van der Waals surface area contributed by atoms with Crippen LogP contribution in [0.25, 0.3) is 0 Å². The molecule has 102 valence electrons. The third kappa shape index (κ3) is 2.20. The van der Waals surface area contributed by atoms with Gasteiger partial charge in [-0.05, 0) is 25.0 Å². The van der Waals surface area contributed by atoms with E-state index in [1.165, 1.54) is 12.1 Å². The topological polar surface area (TPSA) is 69.4 Å². The minimum Gasteiger partial charge on any atom is -0.489 e. The maximum Gasteiger partial charge on any atom is 0.269 e. The van der Waals surface area contributed by atoms with E-state index in [9.17, 15) is 14.9 Å². The van der Waals surface area contributed by atoms with Gasteiger partial charge in [-0.1, -0.05) is 13.8 Å². The van der Waals surface area contributed by atoms with Crippen LogP contribution in [0.1, 0.15) is 33.1 Å². The van der Waals surface area contributed by atoms with Crippen LogP contribution in [-0.4, -0.2) is 16.8 Å². The third-order valence-electron chi connectivity index (χ3n) is 4.13. The van der Waals surface area contributed by atoms with Gasteiger partial charge in [-0.15, -0.1) is 0 Å². The zero-order valence-electron chi connectivity index (χ0n) is 11.1. The van der Waals surface area contributed by atoms with Crippen LogP contribution in [0.15, 0.2) is 24.3 Å². The molecule has 5 nitrogen and oxygen atoms in total. The molecule has 0 amide bonds. The number of carbonyl (C=O) groups is 1. The summed E-state index contributed by atoms with van der Waals surface area (Å²) in [7, 11) is 0. The van der Waals surface area contributed by atoms with E-state index in [4.69, 9.17) is 4.74 Å². The molecule has 1 aromatic carbocycles. The van der Waals surface area contributed by atoms with Crippen molar-refractivity contribution in [1.29, 1.82) is 0 Å². The summed E-state index contributed by atoms with van der Waals surface area (Å²) in [6.45, 7) is 3.99. The van der Waals surface area contributed by atoms with Gasteiger partial charge in [0.2, 0.25) is 0 Å². The van der Waals surface area contributed by atoms with Crippen LogP contribution < -0.4 is 4.74 Å². The summed E-state index contributed by atoms with van der Waals surface area (Å²) >= 11 is 0. The maximum atomic E-state index is 11.8. The molecule has 1 unspecified atom stereocenters. The molecule has 0 N–H and O–H groups in total. The van der Waals surface area contributed by atoms with Gasteiger partial charge in [0.15, 0.2) is 0 Å². The van der Waals surface area contributed by atoms with Crippen LogP contribution >= 0.6 is 0 Å². The largest absolute Gasteiger partial charge is 0.489 e. The highest BCUT2D eigenvalue weighted by molar-refractivity contribution is 5.92. The molecule has 0 aliphatic heterocycles. The zero-order valence-corrected chi connectivity index (χ0v) is 11.1. The second kappa shape index (κ2) is 4.99. The highest BCUT2D eigenvalue weighted by Crippen LogP contribution is 2.45. The Labute approximate surface area is 111 Å². The number of carbonyl (C=O) groups excluding carboxylic acids is 1. The minimum absolute atomic E-state index is 0.0364. The Bertz CT molecular complexity index is 491. The Morgan fingerprint density at radius 1 is 1.32 bits per heavy atom. The summed E-state index contributed by atoms with van der Waals surface area (Å²) in [5, 5.41) is 10.6. The van der Waals surface area contributed by atoms with Crippen LogP contribution in [0.2, 0.25) is 0 Å². The Balaban J connectivity index is 2.10. The van der Waals surface area contributed by atoms with Gasteiger partial charge in [-0.25, -0.2) is 0 Å². The first-order valence-electron chi connectivity index (χ1n) is 6.48. The van der Waals surface area contributed by atoms with E-state index in [1.807, 2.05) is 13.8 Å². The van der Waals surface area contributed by atoms with Gasteiger partial charge in [-0.2, -0.15) is 0 Å². The lowest BCUT2D eigenvalue weighted by molar-refractivity contribution is -0.384. The van der Waals surface area contributed by atoms with Crippen molar-refractivity contribution in [3.63, 3.8) is 0 Å². The molecule has 0 spiro atoms. The molecule has 0 heterocycles. The minimum atomic E-state index is -0.445. The molecule has 1 fully saturated rings. The summed E-state index contributed by atoms with van der Waals surface area (Å²) in [4.78, 5) is 21.9. The Morgan fingerprint density at radius 3 is 2.32 bits per heavy atom. The van der Waals surface area contributed by atoms with Crippen LogP contribution in [-0.2, 0) is 4.79 Å². The second-order valence-electron chi connectivity index (χ2n) is 4.85. The van der Waals surface area contributed by atoms with E-state index in [-0.39, 0.29) is 23.0 Å². The van der Waals surface area contributed by atoms with Crippen molar-refractivity contribution in [2.24, 2.45) is 5.41 Å². The molecule has 1 aliphatic rings. The molecule has 19 heavy (non-hydrogen) atoms. The number of ketones is 1. The Kier molecular flexibility index (Phi) is 3.55. The monoisotopic (exact) mass is 263 g/mol. The lowest BCUT2D eigenvalue weighted by Gasteiger charge is -2.46. The number of benzene rings is 1. The van der Waals surface area contributed by atoms with Crippen LogP contribution in [0, 0.1) is 15.5 Å². The first kappa shape index (κ1) is 13.5. The first-order chi connectivity index (χ1) is 9.03. The lowest BCUT2D eigenvalue weighted by Crippen LogP contribution is -2.56. The van der Waals surface area contributed by atoms with Gasteiger partial charge < -0.3 is 4.74 Å². The van der Waals surface area contributed by atoms with E-state index >= 15 is 0 Å². The molecule has 1 aliphatic carbocycles. The number of non-ortho nitro benzene ring substituents is 1. The van der Waals surface area contributed by atoms with Crippen LogP contribution in [0.5, 0.6) is 5.75 Å². The highest BCUT2D eigenvalue weighted by atomic mass is 16.6. The van der Waals surface area contributed by atoms with Crippen molar-refractivity contribution in [2.75, 3.05) is 0 Å². The summed E-state index contributed by atoms with van der Waals surface area (Å²) < 4.78 is 5.81. The van der Waals surface area contributed by atoms with Gasteiger partial charge in [0, 0.05) is 18.6 Å². The summed E-state index contributed by atoms with van der Waals surface area (Å²) in [5.41, 5.74) is -0.337. The zero-order chi connectivity index (χ0) is 14.0. The number of rotatable bonds is 5. The molecule has 5 heteroatoms. The van der Waals surface area contributed by atoms with Crippen molar-refractivity contribution >= 4 is 11.5 Å². The van der Waals surface area contributed by atoms with Crippen molar-refractivity contribution < 1.29 is 14.5 Å². The van der Waals surface area contributed by atoms with Gasteiger partial charge in [0.05, 0.1) is 10.3 Å². The molecule has 1 atom stereocenters. The van der Waals surface area contributed by atoms with E-state index in [0.29, 0.717) is 12.2 Å². The molecule has 0 radical (unpaired) electrons. The van der Waals surface area contributed by atoms with Gasteiger partial charge >= 0.3 is 0 Å². The maximum absolute atomic E-state index is 11.8. The quantitative estimate of drug-likeness (QED) is 0.604. The van der Waals surface area contributed by atoms with Gasteiger partial charge in [-0.3, -0.25) is 14.9 Å². The molecule has 1 aromatic rings. The van der Waals surface area contributed by atoms with Crippen molar-refractivity contribution in [1.82, 2.24) is 0 Å². The number of nitro benzene ring substituents is 1. The molecule has 0 bridgehead atoms. The SMILES string of the molecule is CCC1(CC)C(=O)CC1Oc1ccc([N+](=O)[O-])cc1. The van der Waals surface area contributed by atoms with Crippen LogP contribution in [0.4, 0.5) is 5.69 Å². The van der Waals surface area contributed by atoms with Gasteiger partial charge in [0.1, 0.15) is 17.6 Å². The fourth-order valence-corrected chi connectivity index (χ4v) is 2.68. The first-order valence-corrected chi connectivity index (χ1v) is 6.48. The second-order valence-corrected chi connectivity index (χ2v) is 4.85. The van der Waals surface area contributed by atoms with E-state index < -0.39 is 4.92 Å². The van der Waals surface area contributed by atoms with Crippen molar-refractivity contribution in [2.45, 2.75) is 39.2 Å². The predicted molar refractivity (Wildman–Crippen MR) is 70.2 cm³/mol. The average Bonchev–Trinajstić information content (AvgIpc) is 2.40. The van der Waals surface area contributed by atoms with Crippen LogP contribution in [0.3, 0.4) is 0 Å². The molecular weight excluding hydrogens is 246 g/mol. The third-order valence-corrected chi connectivity index (χ3v) is 4.13. The van der Waals surface area contributed by atoms with E-state index in [2.05, 4.69) is 0 Å². The number of hydrogen-bond donors (Lipinski definition) is 0. The normalized spacial score (nSPS) is 20.7. The fourth-order valence-electron chi connectivity index (χ4n) is 2.68. The molecule has 2 rings (SSSR count). The molecule has 0 aromatic heterocycles. The molecule has 0 saturated heterocycles. The fraction of sp³-hybridized carbons (Fsp3) is 0.500. The summed E-state index contributed by atoms with van der Waals surface area (Å²) in [5.74, 6) is 0.832. The molecular formula is C14H17NO4. The van der Waals surface area contributed by atoms with E-state index in [1.54, 1.807) is 12.1 Å². The van der Waals surface area contributed by atoms with Crippen molar-refractivity contribution in [3.8, 4) is 5.75 Å². The van der Waals surface area contributed by atoms with Gasteiger partial charge in [0.25, 0.3) is 5.69 Å². The lowest BCUT2D eigenvalue weighted by atomic mass is 9.61. The standard InChI is InChI=1S/C14H17NO4/c1-3-14(4-2)12(16)9-13(14)19-11-7-5-10(6-8-11)15(17)18/h5-8,13H,3-4,9H2,1-2H3.